The monoisotopic (exact) mass is 544 g/mol. The lowest BCUT2D eigenvalue weighted by Crippen LogP contribution is -2.47. The number of methoxy groups -OCH3 is 2. The normalized spacial score (nSPS) is 15.0. The summed E-state index contributed by atoms with van der Waals surface area (Å²) < 4.78 is 10.8. The zero-order valence-electron chi connectivity index (χ0n) is 18.2. The van der Waals surface area contributed by atoms with Crippen LogP contribution in [-0.2, 0) is 19.5 Å². The minimum absolute atomic E-state index is 0. The molecule has 0 bridgehead atoms. The highest BCUT2D eigenvalue weighted by atomic mass is 127. The van der Waals surface area contributed by atoms with E-state index in [2.05, 4.69) is 40.8 Å². The molecule has 0 radical (unpaired) electrons. The predicted molar refractivity (Wildman–Crippen MR) is 136 cm³/mol. The summed E-state index contributed by atoms with van der Waals surface area (Å²) in [7, 11) is 3.33. The Morgan fingerprint density at radius 3 is 2.80 bits per heavy atom. The molecule has 1 aliphatic rings. The van der Waals surface area contributed by atoms with E-state index in [1.807, 2.05) is 29.5 Å². The van der Waals surface area contributed by atoms with Gasteiger partial charge in [0.25, 0.3) is 0 Å². The van der Waals surface area contributed by atoms with Gasteiger partial charge in [0.05, 0.1) is 20.8 Å². The summed E-state index contributed by atoms with van der Waals surface area (Å²) in [6, 6.07) is 8.52. The fraction of sp³-hybridized carbons (Fsp3) is 0.500. The maximum Gasteiger partial charge on any atom is 0.191 e. The number of fused-ring (bicyclic) bond motifs is 1. The van der Waals surface area contributed by atoms with E-state index < -0.39 is 0 Å². The largest absolute Gasteiger partial charge is 0.497 e. The lowest BCUT2D eigenvalue weighted by atomic mass is 10.1. The van der Waals surface area contributed by atoms with Crippen LogP contribution in [-0.4, -0.2) is 50.8 Å². The number of thiophene rings is 1. The molecule has 2 N–H and O–H groups in total. The van der Waals surface area contributed by atoms with Crippen molar-refractivity contribution in [3.05, 3.63) is 45.6 Å². The van der Waals surface area contributed by atoms with Gasteiger partial charge in [0.2, 0.25) is 0 Å². The molecule has 0 aliphatic carbocycles. The summed E-state index contributed by atoms with van der Waals surface area (Å²) in [6.07, 6.45) is 1.16. The van der Waals surface area contributed by atoms with Gasteiger partial charge in [0.1, 0.15) is 11.5 Å². The minimum Gasteiger partial charge on any atom is -0.497 e. The molecule has 0 saturated heterocycles. The van der Waals surface area contributed by atoms with Gasteiger partial charge in [-0.05, 0) is 49.4 Å². The number of halogens is 1. The minimum atomic E-state index is 0. The number of rotatable bonds is 8. The molecule has 1 aromatic heterocycles. The number of hydrogen-bond acceptors (Lipinski definition) is 5. The molecule has 0 spiro atoms. The topological polar surface area (TPSA) is 58.1 Å². The van der Waals surface area contributed by atoms with Gasteiger partial charge < -0.3 is 20.1 Å². The Bertz CT molecular complexity index is 827. The van der Waals surface area contributed by atoms with Crippen LogP contribution < -0.4 is 20.1 Å². The molecule has 1 unspecified atom stereocenters. The van der Waals surface area contributed by atoms with Crippen LogP contribution in [0.25, 0.3) is 0 Å². The lowest BCUT2D eigenvalue weighted by molar-refractivity contribution is 0.192. The van der Waals surface area contributed by atoms with Gasteiger partial charge in [-0.2, -0.15) is 0 Å². The molecule has 3 rings (SSSR count). The van der Waals surface area contributed by atoms with Crippen molar-refractivity contribution < 1.29 is 9.47 Å². The van der Waals surface area contributed by atoms with Gasteiger partial charge >= 0.3 is 0 Å². The lowest BCUT2D eigenvalue weighted by Gasteiger charge is -2.32. The van der Waals surface area contributed by atoms with Crippen molar-refractivity contribution in [2.24, 2.45) is 4.99 Å². The van der Waals surface area contributed by atoms with Crippen LogP contribution in [0, 0.1) is 0 Å². The molecule has 8 heteroatoms. The van der Waals surface area contributed by atoms with Crippen molar-refractivity contribution in [1.82, 2.24) is 15.5 Å². The molecule has 166 valence electrons. The molecule has 2 heterocycles. The van der Waals surface area contributed by atoms with Crippen LogP contribution in [0.15, 0.2) is 34.6 Å². The van der Waals surface area contributed by atoms with Gasteiger partial charge in [-0.25, -0.2) is 4.99 Å². The highest BCUT2D eigenvalue weighted by molar-refractivity contribution is 14.0. The second-order valence-corrected chi connectivity index (χ2v) is 8.19. The summed E-state index contributed by atoms with van der Waals surface area (Å²) in [5.74, 6) is 2.39. The maximum atomic E-state index is 5.48. The number of ether oxygens (including phenoxy) is 2. The van der Waals surface area contributed by atoms with Gasteiger partial charge in [-0.1, -0.05) is 0 Å². The Morgan fingerprint density at radius 1 is 1.23 bits per heavy atom. The van der Waals surface area contributed by atoms with Crippen molar-refractivity contribution >= 4 is 41.3 Å². The average Bonchev–Trinajstić information content (AvgIpc) is 3.23. The van der Waals surface area contributed by atoms with Crippen LogP contribution in [0.1, 0.15) is 29.9 Å². The zero-order chi connectivity index (χ0) is 20.6. The smallest absolute Gasteiger partial charge is 0.191 e. The summed E-state index contributed by atoms with van der Waals surface area (Å²) in [5, 5.41) is 9.05. The zero-order valence-corrected chi connectivity index (χ0v) is 21.4. The number of benzene rings is 1. The van der Waals surface area contributed by atoms with E-state index >= 15 is 0 Å². The fourth-order valence-electron chi connectivity index (χ4n) is 3.51. The summed E-state index contributed by atoms with van der Waals surface area (Å²) >= 11 is 1.88. The first-order valence-corrected chi connectivity index (χ1v) is 11.0. The first-order chi connectivity index (χ1) is 14.1. The summed E-state index contributed by atoms with van der Waals surface area (Å²) in [6.45, 7) is 8.73. The summed E-state index contributed by atoms with van der Waals surface area (Å²) in [5.41, 5.74) is 2.51. The van der Waals surface area contributed by atoms with Gasteiger partial charge in [0, 0.05) is 48.7 Å². The number of aliphatic imine (C=N–C) groups is 1. The molecule has 0 amide bonds. The van der Waals surface area contributed by atoms with Gasteiger partial charge in [-0.15, -0.1) is 35.3 Å². The third kappa shape index (κ3) is 6.49. The van der Waals surface area contributed by atoms with Crippen LogP contribution >= 0.6 is 35.3 Å². The molecule has 6 nitrogen and oxygen atoms in total. The van der Waals surface area contributed by atoms with E-state index in [1.165, 1.54) is 5.56 Å². The van der Waals surface area contributed by atoms with Crippen LogP contribution in [0.3, 0.4) is 0 Å². The summed E-state index contributed by atoms with van der Waals surface area (Å²) in [4.78, 5) is 8.84. The highest BCUT2D eigenvalue weighted by Gasteiger charge is 2.21. The van der Waals surface area contributed by atoms with Crippen LogP contribution in [0.4, 0.5) is 0 Å². The predicted octanol–water partition coefficient (Wildman–Crippen LogP) is 3.89. The quantitative estimate of drug-likeness (QED) is 0.300. The van der Waals surface area contributed by atoms with E-state index in [0.717, 1.165) is 55.6 Å². The van der Waals surface area contributed by atoms with Crippen molar-refractivity contribution in [2.75, 3.05) is 33.9 Å². The molecule has 1 atom stereocenters. The first kappa shape index (κ1) is 24.7. The fourth-order valence-corrected chi connectivity index (χ4v) is 4.40. The third-order valence-corrected chi connectivity index (χ3v) is 6.29. The van der Waals surface area contributed by atoms with Crippen molar-refractivity contribution in [1.29, 1.82) is 0 Å². The standard InChI is InChI=1S/C22H32N4O2S.HI/c1-5-23-22(25-14-17-6-7-19(27-3)12-20(17)28-4)24-13-16(2)26-10-8-21-18(15-26)9-11-29-21;/h6-7,9,11-12,16H,5,8,10,13-15H2,1-4H3,(H2,23,24,25);1H. The third-order valence-electron chi connectivity index (χ3n) is 5.27. The maximum absolute atomic E-state index is 5.48. The Balaban J connectivity index is 0.00000320. The van der Waals surface area contributed by atoms with E-state index in [-0.39, 0.29) is 24.0 Å². The molecule has 0 saturated carbocycles. The van der Waals surface area contributed by atoms with Crippen molar-refractivity contribution in [3.8, 4) is 11.5 Å². The number of hydrogen-bond donors (Lipinski definition) is 2. The van der Waals surface area contributed by atoms with Crippen molar-refractivity contribution in [2.45, 2.75) is 39.4 Å². The van der Waals surface area contributed by atoms with E-state index in [1.54, 1.807) is 19.1 Å². The van der Waals surface area contributed by atoms with E-state index in [0.29, 0.717) is 12.6 Å². The molecular formula is C22H33IN4O2S. The Kier molecular flexibility index (Phi) is 10.2. The van der Waals surface area contributed by atoms with E-state index in [4.69, 9.17) is 14.5 Å². The molecule has 30 heavy (non-hydrogen) atoms. The highest BCUT2D eigenvalue weighted by Crippen LogP contribution is 2.26. The molecule has 1 aliphatic heterocycles. The van der Waals surface area contributed by atoms with Crippen LogP contribution in [0.5, 0.6) is 11.5 Å². The van der Waals surface area contributed by atoms with Gasteiger partial charge in [-0.3, -0.25) is 4.90 Å². The molecule has 1 aromatic carbocycles. The number of guanidine groups is 1. The van der Waals surface area contributed by atoms with Crippen molar-refractivity contribution in [3.63, 3.8) is 0 Å². The van der Waals surface area contributed by atoms with Gasteiger partial charge in [0.15, 0.2) is 5.96 Å². The SMILES string of the molecule is CCNC(=NCc1ccc(OC)cc1OC)NCC(C)N1CCc2sccc2C1.I. The Hall–Kier alpha value is -1.52. The Morgan fingerprint density at radius 2 is 2.07 bits per heavy atom. The van der Waals surface area contributed by atoms with Crippen LogP contribution in [0.2, 0.25) is 0 Å². The molecule has 0 fully saturated rings. The molecular weight excluding hydrogens is 511 g/mol. The average molecular weight is 545 g/mol. The molecule has 2 aromatic rings. The van der Waals surface area contributed by atoms with E-state index in [9.17, 15) is 0 Å². The second-order valence-electron chi connectivity index (χ2n) is 7.19. The Labute approximate surface area is 201 Å². The first-order valence-electron chi connectivity index (χ1n) is 10.2. The number of nitrogens with zero attached hydrogens (tertiary/aromatic N) is 2. The number of nitrogens with one attached hydrogen (secondary N) is 2. The second kappa shape index (κ2) is 12.4.